The van der Waals surface area contributed by atoms with Crippen LogP contribution in [0.3, 0.4) is 0 Å². The minimum absolute atomic E-state index is 0. The molecule has 2 N–H and O–H groups in total. The van der Waals surface area contributed by atoms with Gasteiger partial charge in [0.05, 0.1) is 6.10 Å². The van der Waals surface area contributed by atoms with E-state index in [1.165, 1.54) is 0 Å². The number of nitrogens with zero attached hydrogens (tertiary/aromatic N) is 1. The summed E-state index contributed by atoms with van der Waals surface area (Å²) in [6.07, 6.45) is 4.97. The van der Waals surface area contributed by atoms with Crippen molar-refractivity contribution in [2.24, 2.45) is 5.73 Å². The van der Waals surface area contributed by atoms with E-state index in [-0.39, 0.29) is 18.3 Å². The van der Waals surface area contributed by atoms with Crippen LogP contribution in [0.2, 0.25) is 0 Å². The summed E-state index contributed by atoms with van der Waals surface area (Å²) in [5, 5.41) is 0. The highest BCUT2D eigenvalue weighted by molar-refractivity contribution is 5.85. The molecule has 0 spiro atoms. The van der Waals surface area contributed by atoms with Crippen molar-refractivity contribution in [3.05, 3.63) is 0 Å². The van der Waals surface area contributed by atoms with Crippen LogP contribution in [-0.4, -0.2) is 43.2 Å². The fourth-order valence-corrected chi connectivity index (χ4v) is 2.05. The zero-order valence-electron chi connectivity index (χ0n) is 10.7. The number of carbonyl (C=O) groups is 1. The maximum atomic E-state index is 11.7. The van der Waals surface area contributed by atoms with Gasteiger partial charge in [0, 0.05) is 32.7 Å². The van der Waals surface area contributed by atoms with E-state index in [9.17, 15) is 4.79 Å². The summed E-state index contributed by atoms with van der Waals surface area (Å²) in [5.41, 5.74) is 5.40. The van der Waals surface area contributed by atoms with Gasteiger partial charge in [-0.1, -0.05) is 6.92 Å². The second-order valence-electron chi connectivity index (χ2n) is 4.34. The number of ether oxygens (including phenoxy) is 1. The number of nitrogens with two attached hydrogens (primary N) is 1. The lowest BCUT2D eigenvalue weighted by atomic mass is 10.2. The molecular formula is C12H25ClN2O2. The van der Waals surface area contributed by atoms with Crippen LogP contribution in [-0.2, 0) is 9.53 Å². The van der Waals surface area contributed by atoms with Crippen LogP contribution in [0.25, 0.3) is 0 Å². The largest absolute Gasteiger partial charge is 0.378 e. The summed E-state index contributed by atoms with van der Waals surface area (Å²) in [6, 6.07) is 0. The number of halogens is 1. The van der Waals surface area contributed by atoms with E-state index < -0.39 is 0 Å². The van der Waals surface area contributed by atoms with Crippen molar-refractivity contribution in [2.45, 2.75) is 45.1 Å². The number of hydrogen-bond donors (Lipinski definition) is 1. The number of hydrogen-bond acceptors (Lipinski definition) is 3. The monoisotopic (exact) mass is 264 g/mol. The SMILES string of the molecule is CCCOC1CCCN(C(=O)CCN)CC1.Cl. The van der Waals surface area contributed by atoms with Crippen LogP contribution >= 0.6 is 12.4 Å². The Morgan fingerprint density at radius 3 is 2.82 bits per heavy atom. The molecule has 1 aliphatic rings. The Balaban J connectivity index is 0.00000256. The van der Waals surface area contributed by atoms with Crippen molar-refractivity contribution < 1.29 is 9.53 Å². The summed E-state index contributed by atoms with van der Waals surface area (Å²) in [6.45, 7) is 5.10. The molecule has 1 heterocycles. The standard InChI is InChI=1S/C12H24N2O2.ClH/c1-2-10-16-11-4-3-8-14(9-6-11)12(15)5-7-13;/h11H,2-10,13H2,1H3;1H. The van der Waals surface area contributed by atoms with Gasteiger partial charge in [-0.2, -0.15) is 0 Å². The minimum Gasteiger partial charge on any atom is -0.378 e. The molecular weight excluding hydrogens is 240 g/mol. The molecule has 0 saturated carbocycles. The number of likely N-dealkylation sites (tertiary alicyclic amines) is 1. The fraction of sp³-hybridized carbons (Fsp3) is 0.917. The van der Waals surface area contributed by atoms with E-state index in [0.717, 1.165) is 45.4 Å². The van der Waals surface area contributed by atoms with Crippen LogP contribution in [0.15, 0.2) is 0 Å². The Morgan fingerprint density at radius 2 is 2.18 bits per heavy atom. The average Bonchev–Trinajstić information content (AvgIpc) is 2.52. The van der Waals surface area contributed by atoms with Gasteiger partial charge in [0.25, 0.3) is 0 Å². The smallest absolute Gasteiger partial charge is 0.223 e. The van der Waals surface area contributed by atoms with Gasteiger partial charge in [0.15, 0.2) is 0 Å². The molecule has 1 unspecified atom stereocenters. The molecule has 1 aliphatic heterocycles. The molecule has 1 amide bonds. The molecule has 0 aliphatic carbocycles. The third-order valence-corrected chi connectivity index (χ3v) is 2.94. The normalized spacial score (nSPS) is 20.6. The zero-order chi connectivity index (χ0) is 11.8. The predicted molar refractivity (Wildman–Crippen MR) is 71.4 cm³/mol. The Morgan fingerprint density at radius 1 is 1.41 bits per heavy atom. The number of carbonyl (C=O) groups excluding carboxylic acids is 1. The van der Waals surface area contributed by atoms with Crippen LogP contribution in [0.5, 0.6) is 0 Å². The molecule has 5 heteroatoms. The van der Waals surface area contributed by atoms with E-state index in [0.29, 0.717) is 19.1 Å². The molecule has 0 aromatic carbocycles. The lowest BCUT2D eigenvalue weighted by Gasteiger charge is -2.20. The van der Waals surface area contributed by atoms with Crippen molar-refractivity contribution in [1.82, 2.24) is 4.90 Å². The molecule has 102 valence electrons. The van der Waals surface area contributed by atoms with Gasteiger partial charge in [0.2, 0.25) is 5.91 Å². The first-order valence-corrected chi connectivity index (χ1v) is 6.37. The molecule has 17 heavy (non-hydrogen) atoms. The second kappa shape index (κ2) is 9.68. The van der Waals surface area contributed by atoms with Gasteiger partial charge in [-0.25, -0.2) is 0 Å². The quantitative estimate of drug-likeness (QED) is 0.820. The fourth-order valence-electron chi connectivity index (χ4n) is 2.05. The van der Waals surface area contributed by atoms with Crippen LogP contribution in [0.1, 0.15) is 39.0 Å². The molecule has 1 fully saturated rings. The zero-order valence-corrected chi connectivity index (χ0v) is 11.5. The van der Waals surface area contributed by atoms with Gasteiger partial charge in [0.1, 0.15) is 0 Å². The van der Waals surface area contributed by atoms with Gasteiger partial charge in [-0.15, -0.1) is 12.4 Å². The lowest BCUT2D eigenvalue weighted by molar-refractivity contribution is -0.131. The van der Waals surface area contributed by atoms with Gasteiger partial charge >= 0.3 is 0 Å². The lowest BCUT2D eigenvalue weighted by Crippen LogP contribution is -2.33. The van der Waals surface area contributed by atoms with E-state index in [1.54, 1.807) is 0 Å². The first kappa shape index (κ1) is 16.7. The molecule has 0 bridgehead atoms. The Kier molecular flexibility index (Phi) is 9.50. The highest BCUT2D eigenvalue weighted by Crippen LogP contribution is 2.15. The summed E-state index contributed by atoms with van der Waals surface area (Å²) in [7, 11) is 0. The molecule has 0 aromatic rings. The van der Waals surface area contributed by atoms with Crippen molar-refractivity contribution in [3.8, 4) is 0 Å². The number of amides is 1. The van der Waals surface area contributed by atoms with Crippen molar-refractivity contribution in [2.75, 3.05) is 26.2 Å². The van der Waals surface area contributed by atoms with Crippen molar-refractivity contribution in [3.63, 3.8) is 0 Å². The molecule has 0 radical (unpaired) electrons. The van der Waals surface area contributed by atoms with E-state index >= 15 is 0 Å². The maximum Gasteiger partial charge on any atom is 0.223 e. The van der Waals surface area contributed by atoms with Crippen molar-refractivity contribution in [1.29, 1.82) is 0 Å². The van der Waals surface area contributed by atoms with E-state index in [2.05, 4.69) is 6.92 Å². The minimum atomic E-state index is 0. The third kappa shape index (κ3) is 6.24. The second-order valence-corrected chi connectivity index (χ2v) is 4.34. The Hall–Kier alpha value is -0.320. The van der Waals surface area contributed by atoms with Crippen LogP contribution in [0.4, 0.5) is 0 Å². The average molecular weight is 265 g/mol. The van der Waals surface area contributed by atoms with Gasteiger partial charge < -0.3 is 15.4 Å². The third-order valence-electron chi connectivity index (χ3n) is 2.94. The molecule has 4 nitrogen and oxygen atoms in total. The predicted octanol–water partition coefficient (Wildman–Crippen LogP) is 1.56. The Bertz CT molecular complexity index is 215. The number of rotatable bonds is 5. The first-order valence-electron chi connectivity index (χ1n) is 6.37. The van der Waals surface area contributed by atoms with Crippen molar-refractivity contribution >= 4 is 18.3 Å². The Labute approximate surface area is 110 Å². The topological polar surface area (TPSA) is 55.6 Å². The van der Waals surface area contributed by atoms with Crippen LogP contribution < -0.4 is 5.73 Å². The van der Waals surface area contributed by atoms with Crippen LogP contribution in [0, 0.1) is 0 Å². The summed E-state index contributed by atoms with van der Waals surface area (Å²) < 4.78 is 5.74. The summed E-state index contributed by atoms with van der Waals surface area (Å²) in [4.78, 5) is 13.6. The maximum absolute atomic E-state index is 11.7. The molecule has 0 aromatic heterocycles. The van der Waals surface area contributed by atoms with E-state index in [4.69, 9.17) is 10.5 Å². The first-order chi connectivity index (χ1) is 7.77. The summed E-state index contributed by atoms with van der Waals surface area (Å²) >= 11 is 0. The molecule has 1 saturated heterocycles. The van der Waals surface area contributed by atoms with Gasteiger partial charge in [-0.05, 0) is 25.7 Å². The van der Waals surface area contributed by atoms with Gasteiger partial charge in [-0.3, -0.25) is 4.79 Å². The molecule has 1 rings (SSSR count). The highest BCUT2D eigenvalue weighted by Gasteiger charge is 2.20. The highest BCUT2D eigenvalue weighted by atomic mass is 35.5. The molecule has 1 atom stereocenters. The van der Waals surface area contributed by atoms with E-state index in [1.807, 2.05) is 4.90 Å². The summed E-state index contributed by atoms with van der Waals surface area (Å²) in [5.74, 6) is 0.193.